The van der Waals surface area contributed by atoms with Crippen LogP contribution in [0.5, 0.6) is 0 Å². The molecule has 150 valence electrons. The van der Waals surface area contributed by atoms with Gasteiger partial charge in [-0.2, -0.15) is 0 Å². The molecule has 0 unspecified atom stereocenters. The number of carbonyl (C=O) groups is 3. The zero-order chi connectivity index (χ0) is 21.3. The summed E-state index contributed by atoms with van der Waals surface area (Å²) in [7, 11) is 0. The first-order valence-electron chi connectivity index (χ1n) is 8.71. The Hall–Kier alpha value is -3.99. The number of rotatable bonds is 6. The van der Waals surface area contributed by atoms with Crippen molar-refractivity contribution in [2.75, 3.05) is 6.54 Å². The van der Waals surface area contributed by atoms with Crippen LogP contribution in [-0.4, -0.2) is 44.1 Å². The highest BCUT2D eigenvalue weighted by molar-refractivity contribution is 7.13. The first-order chi connectivity index (χ1) is 14.4. The summed E-state index contributed by atoms with van der Waals surface area (Å²) < 4.78 is 0. The molecule has 11 heteroatoms. The van der Waals surface area contributed by atoms with Crippen molar-refractivity contribution < 1.29 is 19.3 Å². The van der Waals surface area contributed by atoms with Gasteiger partial charge >= 0.3 is 0 Å². The molecule has 1 aliphatic rings. The van der Waals surface area contributed by atoms with Gasteiger partial charge < -0.3 is 5.32 Å². The molecule has 10 nitrogen and oxygen atoms in total. The number of non-ortho nitro benzene ring substituents is 1. The zero-order valence-electron chi connectivity index (χ0n) is 15.3. The topological polar surface area (TPSA) is 135 Å². The second kappa shape index (κ2) is 7.79. The number of carbonyl (C=O) groups excluding carboxylic acids is 3. The Labute approximate surface area is 173 Å². The van der Waals surface area contributed by atoms with Gasteiger partial charge in [-0.1, -0.05) is 6.07 Å². The number of nitro benzene ring substituents is 1. The van der Waals surface area contributed by atoms with Crippen LogP contribution in [0.15, 0.2) is 48.0 Å². The highest BCUT2D eigenvalue weighted by atomic mass is 32.1. The predicted molar refractivity (Wildman–Crippen MR) is 106 cm³/mol. The van der Waals surface area contributed by atoms with Crippen molar-refractivity contribution >= 4 is 34.7 Å². The van der Waals surface area contributed by atoms with Crippen molar-refractivity contribution in [3.63, 3.8) is 0 Å². The maximum atomic E-state index is 12.4. The van der Waals surface area contributed by atoms with Crippen LogP contribution in [0.1, 0.15) is 26.4 Å². The fourth-order valence-electron chi connectivity index (χ4n) is 2.92. The fourth-order valence-corrected chi connectivity index (χ4v) is 3.71. The van der Waals surface area contributed by atoms with Crippen molar-refractivity contribution in [3.05, 3.63) is 74.9 Å². The van der Waals surface area contributed by atoms with E-state index in [1.54, 1.807) is 17.6 Å². The maximum Gasteiger partial charge on any atom is 0.270 e. The standard InChI is InChI=1S/C19H13N5O5S/c25-16(21-8-11-10-30-17(22-11)15-3-1-2-6-20-15)9-23-18(26)13-5-4-12(24(28)29)7-14(13)19(23)27/h1-7,10H,8-9H2,(H,21,25). The minimum atomic E-state index is -0.736. The first-order valence-corrected chi connectivity index (χ1v) is 9.59. The zero-order valence-corrected chi connectivity index (χ0v) is 16.1. The number of nitro groups is 1. The maximum absolute atomic E-state index is 12.4. The number of pyridine rings is 1. The number of aromatic nitrogens is 2. The molecule has 30 heavy (non-hydrogen) atoms. The molecular formula is C19H13N5O5S. The normalized spacial score (nSPS) is 12.7. The molecule has 1 aliphatic heterocycles. The Morgan fingerprint density at radius 2 is 1.97 bits per heavy atom. The Kier molecular flexibility index (Phi) is 5.02. The molecule has 0 spiro atoms. The average Bonchev–Trinajstić information content (AvgIpc) is 3.32. The number of fused-ring (bicyclic) bond motifs is 1. The van der Waals surface area contributed by atoms with E-state index < -0.39 is 29.2 Å². The highest BCUT2D eigenvalue weighted by Gasteiger charge is 2.37. The van der Waals surface area contributed by atoms with Gasteiger partial charge in [0.2, 0.25) is 5.91 Å². The highest BCUT2D eigenvalue weighted by Crippen LogP contribution is 2.26. The van der Waals surface area contributed by atoms with E-state index in [1.165, 1.54) is 17.4 Å². The Balaban J connectivity index is 1.39. The predicted octanol–water partition coefficient (Wildman–Crippen LogP) is 2.03. The summed E-state index contributed by atoms with van der Waals surface area (Å²) in [6, 6.07) is 8.89. The van der Waals surface area contributed by atoms with Gasteiger partial charge in [-0.15, -0.1) is 11.3 Å². The summed E-state index contributed by atoms with van der Waals surface area (Å²) in [5, 5.41) is 16.0. The molecule has 2 aromatic heterocycles. The summed E-state index contributed by atoms with van der Waals surface area (Å²) in [4.78, 5) is 56.7. The van der Waals surface area contributed by atoms with Gasteiger partial charge in [0.1, 0.15) is 11.6 Å². The van der Waals surface area contributed by atoms with E-state index >= 15 is 0 Å². The second-order valence-electron chi connectivity index (χ2n) is 6.32. The molecule has 3 aromatic rings. The van der Waals surface area contributed by atoms with Crippen LogP contribution in [0.4, 0.5) is 5.69 Å². The van der Waals surface area contributed by atoms with E-state index in [4.69, 9.17) is 0 Å². The van der Waals surface area contributed by atoms with E-state index in [9.17, 15) is 24.5 Å². The van der Waals surface area contributed by atoms with E-state index in [0.717, 1.165) is 22.7 Å². The third-order valence-electron chi connectivity index (χ3n) is 4.37. The van der Waals surface area contributed by atoms with E-state index in [2.05, 4.69) is 15.3 Å². The van der Waals surface area contributed by atoms with E-state index in [1.807, 2.05) is 12.1 Å². The van der Waals surface area contributed by atoms with Crippen LogP contribution >= 0.6 is 11.3 Å². The molecule has 3 heterocycles. The quantitative estimate of drug-likeness (QED) is 0.364. The molecule has 1 aromatic carbocycles. The van der Waals surface area contributed by atoms with Gasteiger partial charge in [0, 0.05) is 23.7 Å². The smallest absolute Gasteiger partial charge is 0.270 e. The van der Waals surface area contributed by atoms with Crippen LogP contribution in [-0.2, 0) is 11.3 Å². The summed E-state index contributed by atoms with van der Waals surface area (Å²) in [5.74, 6) is -1.95. The van der Waals surface area contributed by atoms with E-state index in [-0.39, 0.29) is 23.4 Å². The number of amides is 3. The molecule has 0 bridgehead atoms. The van der Waals surface area contributed by atoms with Crippen LogP contribution < -0.4 is 5.32 Å². The minimum Gasteiger partial charge on any atom is -0.349 e. The summed E-state index contributed by atoms with van der Waals surface area (Å²) >= 11 is 1.38. The third kappa shape index (κ3) is 3.65. The van der Waals surface area contributed by atoms with Gasteiger partial charge in [0.05, 0.1) is 34.0 Å². The van der Waals surface area contributed by atoms with Gasteiger partial charge in [-0.3, -0.25) is 34.4 Å². The molecule has 4 rings (SSSR count). The number of benzene rings is 1. The third-order valence-corrected chi connectivity index (χ3v) is 5.28. The molecule has 0 radical (unpaired) electrons. The van der Waals surface area contributed by atoms with E-state index in [0.29, 0.717) is 10.7 Å². The van der Waals surface area contributed by atoms with Crippen LogP contribution in [0.25, 0.3) is 10.7 Å². The number of thiazole rings is 1. The lowest BCUT2D eigenvalue weighted by Gasteiger charge is -2.13. The average molecular weight is 423 g/mol. The van der Waals surface area contributed by atoms with Gasteiger partial charge in [0.25, 0.3) is 17.5 Å². The van der Waals surface area contributed by atoms with Crippen LogP contribution in [0.3, 0.4) is 0 Å². The lowest BCUT2D eigenvalue weighted by Crippen LogP contribution is -2.40. The lowest BCUT2D eigenvalue weighted by atomic mass is 10.1. The largest absolute Gasteiger partial charge is 0.349 e. The molecule has 0 aliphatic carbocycles. The van der Waals surface area contributed by atoms with Crippen molar-refractivity contribution in [1.29, 1.82) is 0 Å². The van der Waals surface area contributed by atoms with Crippen molar-refractivity contribution in [2.24, 2.45) is 0 Å². The second-order valence-corrected chi connectivity index (χ2v) is 7.18. The molecule has 0 saturated carbocycles. The number of imide groups is 1. The Bertz CT molecular complexity index is 1180. The molecular weight excluding hydrogens is 410 g/mol. The number of hydrogen-bond acceptors (Lipinski definition) is 8. The monoisotopic (exact) mass is 423 g/mol. The van der Waals surface area contributed by atoms with Crippen LogP contribution in [0, 0.1) is 10.1 Å². The van der Waals surface area contributed by atoms with Crippen molar-refractivity contribution in [2.45, 2.75) is 6.54 Å². The molecule has 0 saturated heterocycles. The van der Waals surface area contributed by atoms with Crippen LogP contribution in [0.2, 0.25) is 0 Å². The van der Waals surface area contributed by atoms with Gasteiger partial charge in [0.15, 0.2) is 0 Å². The van der Waals surface area contributed by atoms with Gasteiger partial charge in [-0.25, -0.2) is 4.98 Å². The minimum absolute atomic E-state index is 0.0397. The van der Waals surface area contributed by atoms with Crippen molar-refractivity contribution in [3.8, 4) is 10.7 Å². The fraction of sp³-hybridized carbons (Fsp3) is 0.105. The molecule has 3 amide bonds. The number of nitrogens with one attached hydrogen (secondary N) is 1. The summed E-state index contributed by atoms with van der Waals surface area (Å²) in [6.45, 7) is -0.367. The van der Waals surface area contributed by atoms with Crippen molar-refractivity contribution in [1.82, 2.24) is 20.2 Å². The molecule has 0 fully saturated rings. The summed E-state index contributed by atoms with van der Waals surface area (Å²) in [6.07, 6.45) is 1.66. The van der Waals surface area contributed by atoms with Gasteiger partial charge in [-0.05, 0) is 18.2 Å². The first kappa shape index (κ1) is 19.3. The number of nitrogens with zero attached hydrogens (tertiary/aromatic N) is 4. The summed E-state index contributed by atoms with van der Waals surface area (Å²) in [5.41, 5.74) is 1.00. The number of hydrogen-bond donors (Lipinski definition) is 1. The molecule has 0 atom stereocenters. The Morgan fingerprint density at radius 3 is 2.70 bits per heavy atom. The lowest BCUT2D eigenvalue weighted by molar-refractivity contribution is -0.384. The SMILES string of the molecule is O=C(CN1C(=O)c2ccc([N+](=O)[O-])cc2C1=O)NCc1csc(-c2ccccn2)n1. The Morgan fingerprint density at radius 1 is 1.17 bits per heavy atom. The molecule has 1 N–H and O–H groups in total.